The van der Waals surface area contributed by atoms with Crippen LogP contribution in [0.1, 0.15) is 27.7 Å². The van der Waals surface area contributed by atoms with Crippen LogP contribution in [0.3, 0.4) is 0 Å². The van der Waals surface area contributed by atoms with E-state index in [2.05, 4.69) is 36.9 Å². The molecule has 0 radical (unpaired) electrons. The van der Waals surface area contributed by atoms with Crippen molar-refractivity contribution in [3.05, 3.63) is 51.7 Å². The molecule has 116 valence electrons. The maximum absolute atomic E-state index is 12.4. The van der Waals surface area contributed by atoms with Crippen molar-refractivity contribution in [3.8, 4) is 0 Å². The molecule has 1 aliphatic rings. The predicted molar refractivity (Wildman–Crippen MR) is 93.0 cm³/mol. The molecule has 0 saturated carbocycles. The van der Waals surface area contributed by atoms with Gasteiger partial charge in [-0.25, -0.2) is 0 Å². The average molecular weight is 314 g/mol. The first-order valence-corrected chi connectivity index (χ1v) is 8.75. The number of rotatable bonds is 3. The molecule has 22 heavy (non-hydrogen) atoms. The normalized spacial score (nSPS) is 15.2. The molecule has 0 spiro atoms. The molecule has 2 aromatic rings. The molecule has 0 unspecified atom stereocenters. The van der Waals surface area contributed by atoms with Crippen LogP contribution in [-0.4, -0.2) is 37.0 Å². The van der Waals surface area contributed by atoms with Crippen molar-refractivity contribution in [2.45, 2.75) is 20.3 Å². The Kier molecular flexibility index (Phi) is 4.48. The molecule has 1 aliphatic heterocycles. The van der Waals surface area contributed by atoms with E-state index in [1.165, 1.54) is 28.2 Å². The molecule has 1 fully saturated rings. The van der Waals surface area contributed by atoms with Crippen LogP contribution in [0.25, 0.3) is 0 Å². The van der Waals surface area contributed by atoms with Crippen molar-refractivity contribution in [1.29, 1.82) is 0 Å². The smallest absolute Gasteiger partial charge is 0.264 e. The van der Waals surface area contributed by atoms with Gasteiger partial charge in [-0.1, -0.05) is 31.2 Å². The average Bonchev–Trinajstić information content (AvgIpc) is 3.08. The van der Waals surface area contributed by atoms with Gasteiger partial charge in [0, 0.05) is 31.9 Å². The summed E-state index contributed by atoms with van der Waals surface area (Å²) in [6.45, 7) is 7.80. The molecule has 1 amide bonds. The number of anilines is 1. The Balaban J connectivity index is 1.71. The van der Waals surface area contributed by atoms with Crippen molar-refractivity contribution in [2.24, 2.45) is 0 Å². The second-order valence-electron chi connectivity index (χ2n) is 5.69. The monoisotopic (exact) mass is 314 g/mol. The number of benzene rings is 1. The minimum atomic E-state index is 0.176. The highest BCUT2D eigenvalue weighted by atomic mass is 32.1. The number of thiophene rings is 1. The molecule has 3 rings (SSSR count). The number of piperazine rings is 1. The first-order chi connectivity index (χ1) is 10.7. The zero-order valence-electron chi connectivity index (χ0n) is 13.2. The molecule has 3 nitrogen and oxygen atoms in total. The third-order valence-corrected chi connectivity index (χ3v) is 5.18. The summed E-state index contributed by atoms with van der Waals surface area (Å²) in [6, 6.07) is 10.4. The quantitative estimate of drug-likeness (QED) is 0.864. The highest BCUT2D eigenvalue weighted by Crippen LogP contribution is 2.27. The molecule has 0 N–H and O–H groups in total. The maximum Gasteiger partial charge on any atom is 0.264 e. The van der Waals surface area contributed by atoms with Crippen LogP contribution in [0.4, 0.5) is 5.69 Å². The lowest BCUT2D eigenvalue weighted by molar-refractivity contribution is 0.0751. The number of aryl methyl sites for hydroxylation is 2. The fraction of sp³-hybridized carbons (Fsp3) is 0.389. The molecule has 4 heteroatoms. The van der Waals surface area contributed by atoms with Crippen LogP contribution in [0.15, 0.2) is 35.7 Å². The Hall–Kier alpha value is -1.81. The summed E-state index contributed by atoms with van der Waals surface area (Å²) in [7, 11) is 0. The van der Waals surface area contributed by atoms with Gasteiger partial charge in [0.15, 0.2) is 0 Å². The standard InChI is InChI=1S/C18H22N2OS/c1-3-15-7-4-6-14(2)17(15)19-9-11-20(12-10-19)18(21)16-8-5-13-22-16/h4-8,13H,3,9-12H2,1-2H3. The first kappa shape index (κ1) is 15.1. The Morgan fingerprint density at radius 1 is 1.14 bits per heavy atom. The third kappa shape index (κ3) is 2.88. The fourth-order valence-electron chi connectivity index (χ4n) is 3.15. The number of para-hydroxylation sites is 1. The van der Waals surface area contributed by atoms with E-state index in [4.69, 9.17) is 0 Å². The minimum Gasteiger partial charge on any atom is -0.368 e. The molecule has 0 bridgehead atoms. The molecule has 1 aromatic carbocycles. The molecule has 1 aromatic heterocycles. The van der Waals surface area contributed by atoms with E-state index < -0.39 is 0 Å². The Bertz CT molecular complexity index is 643. The zero-order valence-corrected chi connectivity index (χ0v) is 14.0. The van der Waals surface area contributed by atoms with Gasteiger partial charge in [0.2, 0.25) is 0 Å². The van der Waals surface area contributed by atoms with Gasteiger partial charge >= 0.3 is 0 Å². The first-order valence-electron chi connectivity index (χ1n) is 7.87. The SMILES string of the molecule is CCc1cccc(C)c1N1CCN(C(=O)c2cccs2)CC1. The molecule has 0 atom stereocenters. The number of carbonyl (C=O) groups is 1. The van der Waals surface area contributed by atoms with Crippen molar-refractivity contribution < 1.29 is 4.79 Å². The maximum atomic E-state index is 12.4. The molecule has 2 heterocycles. The fourth-order valence-corrected chi connectivity index (χ4v) is 3.84. The third-order valence-electron chi connectivity index (χ3n) is 4.32. The van der Waals surface area contributed by atoms with Crippen LogP contribution in [0.2, 0.25) is 0 Å². The molecular weight excluding hydrogens is 292 g/mol. The number of carbonyl (C=O) groups excluding carboxylic acids is 1. The van der Waals surface area contributed by atoms with Crippen LogP contribution in [-0.2, 0) is 6.42 Å². The zero-order chi connectivity index (χ0) is 15.5. The van der Waals surface area contributed by atoms with E-state index in [1.807, 2.05) is 22.4 Å². The highest BCUT2D eigenvalue weighted by Gasteiger charge is 2.24. The summed E-state index contributed by atoms with van der Waals surface area (Å²) in [5, 5.41) is 1.96. The summed E-state index contributed by atoms with van der Waals surface area (Å²) < 4.78 is 0. The summed E-state index contributed by atoms with van der Waals surface area (Å²) >= 11 is 1.53. The lowest BCUT2D eigenvalue weighted by atomic mass is 10.0. The lowest BCUT2D eigenvalue weighted by Gasteiger charge is -2.37. The van der Waals surface area contributed by atoms with E-state index in [-0.39, 0.29) is 5.91 Å². The number of hydrogen-bond donors (Lipinski definition) is 0. The molecule has 1 saturated heterocycles. The minimum absolute atomic E-state index is 0.176. The van der Waals surface area contributed by atoms with Crippen molar-refractivity contribution in [2.75, 3.05) is 31.1 Å². The topological polar surface area (TPSA) is 23.6 Å². The van der Waals surface area contributed by atoms with Crippen molar-refractivity contribution >= 4 is 22.9 Å². The Morgan fingerprint density at radius 2 is 1.91 bits per heavy atom. The van der Waals surface area contributed by atoms with Gasteiger partial charge in [-0.05, 0) is 35.9 Å². The lowest BCUT2D eigenvalue weighted by Crippen LogP contribution is -2.49. The Morgan fingerprint density at radius 3 is 2.55 bits per heavy atom. The van der Waals surface area contributed by atoms with E-state index >= 15 is 0 Å². The van der Waals surface area contributed by atoms with E-state index in [9.17, 15) is 4.79 Å². The summed E-state index contributed by atoms with van der Waals surface area (Å²) in [5.41, 5.74) is 4.10. The molecule has 0 aliphatic carbocycles. The summed E-state index contributed by atoms with van der Waals surface area (Å²) in [6.07, 6.45) is 1.05. The highest BCUT2D eigenvalue weighted by molar-refractivity contribution is 7.12. The van der Waals surface area contributed by atoms with Gasteiger partial charge < -0.3 is 9.80 Å². The van der Waals surface area contributed by atoms with Gasteiger partial charge in [-0.2, -0.15) is 0 Å². The van der Waals surface area contributed by atoms with E-state index in [1.54, 1.807) is 0 Å². The van der Waals surface area contributed by atoms with Gasteiger partial charge in [-0.3, -0.25) is 4.79 Å². The van der Waals surface area contributed by atoms with E-state index in [0.29, 0.717) is 0 Å². The van der Waals surface area contributed by atoms with Crippen LogP contribution < -0.4 is 4.90 Å². The van der Waals surface area contributed by atoms with Crippen molar-refractivity contribution in [3.63, 3.8) is 0 Å². The van der Waals surface area contributed by atoms with Gasteiger partial charge in [0.25, 0.3) is 5.91 Å². The second-order valence-corrected chi connectivity index (χ2v) is 6.64. The van der Waals surface area contributed by atoms with Crippen LogP contribution >= 0.6 is 11.3 Å². The summed E-state index contributed by atoms with van der Waals surface area (Å²) in [4.78, 5) is 17.7. The van der Waals surface area contributed by atoms with Gasteiger partial charge in [0.05, 0.1) is 4.88 Å². The van der Waals surface area contributed by atoms with Crippen LogP contribution in [0, 0.1) is 6.92 Å². The number of nitrogens with zero attached hydrogens (tertiary/aromatic N) is 2. The second kappa shape index (κ2) is 6.53. The van der Waals surface area contributed by atoms with Crippen LogP contribution in [0.5, 0.6) is 0 Å². The molecular formula is C18H22N2OS. The van der Waals surface area contributed by atoms with Gasteiger partial charge in [-0.15, -0.1) is 11.3 Å². The number of hydrogen-bond acceptors (Lipinski definition) is 3. The Labute approximate surface area is 136 Å². The van der Waals surface area contributed by atoms with E-state index in [0.717, 1.165) is 37.5 Å². The predicted octanol–water partition coefficient (Wildman–Crippen LogP) is 3.58. The largest absolute Gasteiger partial charge is 0.368 e. The van der Waals surface area contributed by atoms with Gasteiger partial charge in [0.1, 0.15) is 0 Å². The summed E-state index contributed by atoms with van der Waals surface area (Å²) in [5.74, 6) is 0.176. The number of amides is 1. The van der Waals surface area contributed by atoms with Crippen molar-refractivity contribution in [1.82, 2.24) is 4.90 Å².